The van der Waals surface area contributed by atoms with Gasteiger partial charge in [0.1, 0.15) is 0 Å². The van der Waals surface area contributed by atoms with E-state index >= 15 is 0 Å². The first kappa shape index (κ1) is 20.0. The molecule has 3 N–H and O–H groups in total. The van der Waals surface area contributed by atoms with Crippen molar-refractivity contribution in [1.82, 2.24) is 19.9 Å². The lowest BCUT2D eigenvalue weighted by Gasteiger charge is -2.10. The molecule has 148 valence electrons. The van der Waals surface area contributed by atoms with Crippen LogP contribution in [0.4, 0.5) is 16.0 Å². The molecular formula is C21H26FN5O. The molecular weight excluding hydrogens is 357 g/mol. The second kappa shape index (κ2) is 8.50. The monoisotopic (exact) mass is 383 g/mol. The van der Waals surface area contributed by atoms with Crippen LogP contribution >= 0.6 is 0 Å². The fourth-order valence-electron chi connectivity index (χ4n) is 3.03. The molecule has 0 aliphatic rings. The van der Waals surface area contributed by atoms with Crippen LogP contribution in [-0.2, 0) is 6.54 Å². The number of nitrogens with zero attached hydrogens (tertiary/aromatic N) is 3. The third-order valence-corrected chi connectivity index (χ3v) is 4.50. The summed E-state index contributed by atoms with van der Waals surface area (Å²) in [5.74, 6) is 0.0250. The van der Waals surface area contributed by atoms with Gasteiger partial charge < -0.3 is 20.3 Å². The highest BCUT2D eigenvalue weighted by molar-refractivity contribution is 5.56. The molecule has 0 saturated heterocycles. The highest BCUT2D eigenvalue weighted by Gasteiger charge is 2.13. The summed E-state index contributed by atoms with van der Waals surface area (Å²) in [6.45, 7) is 8.55. The van der Waals surface area contributed by atoms with E-state index in [1.165, 1.54) is 6.20 Å². The Bertz CT molecular complexity index is 949. The summed E-state index contributed by atoms with van der Waals surface area (Å²) in [6.07, 6.45) is 4.86. The Morgan fingerprint density at radius 3 is 2.54 bits per heavy atom. The van der Waals surface area contributed by atoms with Gasteiger partial charge >= 0.3 is 0 Å². The zero-order chi connectivity index (χ0) is 20.3. The SMILES string of the molecule is Cc1cc(C)cc(Nc2ncc(F)c(-n3cc(C)c(CNC(C)CO)c3)n2)c1. The molecule has 1 unspecified atom stereocenters. The van der Waals surface area contributed by atoms with Crippen molar-refractivity contribution in [3.05, 3.63) is 64.9 Å². The van der Waals surface area contributed by atoms with E-state index < -0.39 is 5.82 Å². The van der Waals surface area contributed by atoms with Crippen molar-refractivity contribution in [3.63, 3.8) is 0 Å². The zero-order valence-corrected chi connectivity index (χ0v) is 16.6. The Morgan fingerprint density at radius 2 is 1.86 bits per heavy atom. The van der Waals surface area contributed by atoms with Gasteiger partial charge in [-0.05, 0) is 62.1 Å². The Labute approximate surface area is 164 Å². The Hall–Kier alpha value is -2.77. The van der Waals surface area contributed by atoms with E-state index in [2.05, 4.69) is 26.7 Å². The maximum absolute atomic E-state index is 14.4. The molecule has 3 rings (SSSR count). The Morgan fingerprint density at radius 1 is 1.14 bits per heavy atom. The lowest BCUT2D eigenvalue weighted by Crippen LogP contribution is -2.28. The van der Waals surface area contributed by atoms with Gasteiger partial charge in [0.15, 0.2) is 11.6 Å². The Balaban J connectivity index is 1.85. The molecule has 3 aromatic rings. The van der Waals surface area contributed by atoms with Crippen LogP contribution in [0.25, 0.3) is 5.82 Å². The fraction of sp³-hybridized carbons (Fsp3) is 0.333. The van der Waals surface area contributed by atoms with Gasteiger partial charge in [0.2, 0.25) is 5.95 Å². The van der Waals surface area contributed by atoms with Gasteiger partial charge in [-0.25, -0.2) is 9.37 Å². The van der Waals surface area contributed by atoms with Crippen molar-refractivity contribution in [2.24, 2.45) is 0 Å². The minimum absolute atomic E-state index is 0.00729. The second-order valence-electron chi connectivity index (χ2n) is 7.20. The standard InChI is InChI=1S/C21H26FN5O/c1-13-5-14(2)7-18(6-13)25-21-24-9-19(22)20(26-21)27-10-15(3)17(11-27)8-23-16(4)12-28/h5-7,9-11,16,23,28H,8,12H2,1-4H3,(H,24,25,26). The number of nitrogens with one attached hydrogen (secondary N) is 2. The van der Waals surface area contributed by atoms with Crippen LogP contribution in [0.5, 0.6) is 0 Å². The number of halogens is 1. The normalized spacial score (nSPS) is 12.2. The average Bonchev–Trinajstić information content (AvgIpc) is 3.01. The number of aromatic nitrogens is 3. The van der Waals surface area contributed by atoms with Crippen molar-refractivity contribution < 1.29 is 9.50 Å². The molecule has 0 aliphatic carbocycles. The van der Waals surface area contributed by atoms with Crippen LogP contribution in [0.15, 0.2) is 36.8 Å². The third-order valence-electron chi connectivity index (χ3n) is 4.50. The lowest BCUT2D eigenvalue weighted by molar-refractivity contribution is 0.251. The summed E-state index contributed by atoms with van der Waals surface area (Å²) in [7, 11) is 0. The van der Waals surface area contributed by atoms with Crippen LogP contribution in [0, 0.1) is 26.6 Å². The minimum Gasteiger partial charge on any atom is -0.395 e. The summed E-state index contributed by atoms with van der Waals surface area (Å²) in [5.41, 5.74) is 5.14. The molecule has 2 aromatic heterocycles. The highest BCUT2D eigenvalue weighted by atomic mass is 19.1. The molecule has 1 atom stereocenters. The average molecular weight is 383 g/mol. The summed E-state index contributed by atoms with van der Waals surface area (Å²) in [4.78, 5) is 8.44. The minimum atomic E-state index is -0.496. The molecule has 7 heteroatoms. The first-order valence-corrected chi connectivity index (χ1v) is 9.25. The number of aliphatic hydroxyl groups excluding tert-OH is 1. The summed E-state index contributed by atoms with van der Waals surface area (Å²) in [6, 6.07) is 6.06. The van der Waals surface area contributed by atoms with Gasteiger partial charge in [-0.2, -0.15) is 4.98 Å². The summed E-state index contributed by atoms with van der Waals surface area (Å²) >= 11 is 0. The fourth-order valence-corrected chi connectivity index (χ4v) is 3.03. The zero-order valence-electron chi connectivity index (χ0n) is 16.6. The van der Waals surface area contributed by atoms with Crippen LogP contribution in [0.1, 0.15) is 29.2 Å². The molecule has 0 amide bonds. The molecule has 0 bridgehead atoms. The van der Waals surface area contributed by atoms with Crippen molar-refractivity contribution in [3.8, 4) is 5.82 Å². The van der Waals surface area contributed by atoms with Gasteiger partial charge in [0.25, 0.3) is 0 Å². The lowest BCUT2D eigenvalue weighted by atomic mass is 10.1. The number of hydrogen-bond acceptors (Lipinski definition) is 5. The van der Waals surface area contributed by atoms with Crippen molar-refractivity contribution in [2.45, 2.75) is 40.3 Å². The molecule has 0 spiro atoms. The molecule has 0 aliphatic heterocycles. The number of benzene rings is 1. The number of aryl methyl sites for hydroxylation is 3. The van der Waals surface area contributed by atoms with Crippen molar-refractivity contribution in [2.75, 3.05) is 11.9 Å². The van der Waals surface area contributed by atoms with E-state index in [-0.39, 0.29) is 18.5 Å². The number of hydrogen-bond donors (Lipinski definition) is 3. The van der Waals surface area contributed by atoms with Crippen LogP contribution in [0.2, 0.25) is 0 Å². The van der Waals surface area contributed by atoms with Crippen LogP contribution < -0.4 is 10.6 Å². The molecule has 6 nitrogen and oxygen atoms in total. The van der Waals surface area contributed by atoms with Crippen molar-refractivity contribution >= 4 is 11.6 Å². The van der Waals surface area contributed by atoms with E-state index in [9.17, 15) is 4.39 Å². The largest absolute Gasteiger partial charge is 0.395 e. The maximum Gasteiger partial charge on any atom is 0.229 e. The van der Waals surface area contributed by atoms with Crippen LogP contribution in [0.3, 0.4) is 0 Å². The first-order chi connectivity index (χ1) is 13.4. The second-order valence-corrected chi connectivity index (χ2v) is 7.20. The van der Waals surface area contributed by atoms with E-state index in [1.54, 1.807) is 4.57 Å². The van der Waals surface area contributed by atoms with Gasteiger partial charge in [0.05, 0.1) is 12.8 Å². The number of aliphatic hydroxyl groups is 1. The smallest absolute Gasteiger partial charge is 0.229 e. The first-order valence-electron chi connectivity index (χ1n) is 9.25. The molecule has 0 saturated carbocycles. The van der Waals surface area contributed by atoms with Gasteiger partial charge in [-0.3, -0.25) is 0 Å². The van der Waals surface area contributed by atoms with E-state index in [4.69, 9.17) is 5.11 Å². The van der Waals surface area contributed by atoms with E-state index in [0.29, 0.717) is 12.5 Å². The third kappa shape index (κ3) is 4.74. The highest BCUT2D eigenvalue weighted by Crippen LogP contribution is 2.20. The van der Waals surface area contributed by atoms with E-state index in [1.807, 2.05) is 52.2 Å². The van der Waals surface area contributed by atoms with Gasteiger partial charge in [-0.15, -0.1) is 0 Å². The number of anilines is 2. The topological polar surface area (TPSA) is 75.0 Å². The molecule has 0 fully saturated rings. The summed E-state index contributed by atoms with van der Waals surface area (Å²) < 4.78 is 16.1. The number of rotatable bonds is 7. The summed E-state index contributed by atoms with van der Waals surface area (Å²) in [5, 5.41) is 15.5. The van der Waals surface area contributed by atoms with Gasteiger partial charge in [0, 0.05) is 30.7 Å². The molecule has 1 aromatic carbocycles. The van der Waals surface area contributed by atoms with Gasteiger partial charge in [-0.1, -0.05) is 6.07 Å². The predicted octanol–water partition coefficient (Wildman–Crippen LogP) is 3.55. The molecule has 28 heavy (non-hydrogen) atoms. The van der Waals surface area contributed by atoms with Crippen molar-refractivity contribution in [1.29, 1.82) is 0 Å². The van der Waals surface area contributed by atoms with Crippen LogP contribution in [-0.4, -0.2) is 32.3 Å². The Kier molecular flexibility index (Phi) is 6.06. The predicted molar refractivity (Wildman–Crippen MR) is 109 cm³/mol. The molecule has 0 radical (unpaired) electrons. The van der Waals surface area contributed by atoms with E-state index in [0.717, 1.165) is 27.9 Å². The molecule has 2 heterocycles. The maximum atomic E-state index is 14.4. The quantitative estimate of drug-likeness (QED) is 0.582.